The molecule has 0 bridgehead atoms. The Balaban J connectivity index is 5.53. The fourth-order valence-corrected chi connectivity index (χ4v) is 2.59. The minimum Gasteiger partial charge on any atom is -0.513 e. The highest BCUT2D eigenvalue weighted by Gasteiger charge is 2.32. The second-order valence-electron chi connectivity index (χ2n) is 7.52. The van der Waals surface area contributed by atoms with Gasteiger partial charge in [-0.1, -0.05) is 34.3 Å². The van der Waals surface area contributed by atoms with Gasteiger partial charge in [-0.2, -0.15) is 0 Å². The summed E-state index contributed by atoms with van der Waals surface area (Å²) in [5.41, 5.74) is 0. The number of carboxylic acid groups (broad SMARTS) is 2. The van der Waals surface area contributed by atoms with Gasteiger partial charge in [-0.15, -0.1) is 0 Å². The molecule has 30 heavy (non-hydrogen) atoms. The molecule has 0 saturated heterocycles. The number of carboxylic acids is 2. The number of ketones is 1. The Morgan fingerprint density at radius 3 is 1.57 bits per heavy atom. The van der Waals surface area contributed by atoms with Crippen LogP contribution in [0.4, 0.5) is 0 Å². The van der Waals surface area contributed by atoms with Crippen LogP contribution in [0.1, 0.15) is 47.0 Å². The molecule has 0 radical (unpaired) electrons. The van der Waals surface area contributed by atoms with Crippen LogP contribution in [0.2, 0.25) is 0 Å². The molecule has 0 heterocycles. The van der Waals surface area contributed by atoms with Crippen LogP contribution in [-0.4, -0.2) is 69.0 Å². The predicted molar refractivity (Wildman–Crippen MR) is 107 cm³/mol. The molecule has 0 aromatic carbocycles. The van der Waals surface area contributed by atoms with Crippen molar-refractivity contribution in [2.75, 3.05) is 0 Å². The largest absolute Gasteiger partial charge is 0.513 e. The number of aliphatic hydroxyl groups excluding tert-OH is 1. The number of Topliss-reactive ketones (excluding diaryl/α,β-unsaturated/α-hetero) is 1. The van der Waals surface area contributed by atoms with Crippen LogP contribution in [0, 0.1) is 5.92 Å². The Bertz CT molecular complexity index is 675. The molecule has 0 aliphatic carbocycles. The number of carbonyl (C=O) groups excluding carboxylic acids is 3. The van der Waals surface area contributed by atoms with Gasteiger partial charge in [0, 0.05) is 18.4 Å². The highest BCUT2D eigenvalue weighted by molar-refractivity contribution is 5.96. The Labute approximate surface area is 174 Å². The fraction of sp³-hybridized carbons (Fsp3) is 0.632. The lowest BCUT2D eigenvalue weighted by atomic mass is 9.98. The fourth-order valence-electron chi connectivity index (χ4n) is 2.59. The molecule has 170 valence electrons. The summed E-state index contributed by atoms with van der Waals surface area (Å²) in [4.78, 5) is 59.6. The summed E-state index contributed by atoms with van der Waals surface area (Å²) in [6.45, 7) is 9.84. The lowest BCUT2D eigenvalue weighted by molar-refractivity contribution is -0.143. The summed E-state index contributed by atoms with van der Waals surface area (Å²) in [6.07, 6.45) is -1.64. The van der Waals surface area contributed by atoms with E-state index >= 15 is 0 Å². The summed E-state index contributed by atoms with van der Waals surface area (Å²) in [7, 11) is 0. The second kappa shape index (κ2) is 12.6. The van der Waals surface area contributed by atoms with E-state index in [1.807, 2.05) is 0 Å². The first kappa shape index (κ1) is 27.0. The van der Waals surface area contributed by atoms with Crippen molar-refractivity contribution >= 4 is 29.5 Å². The van der Waals surface area contributed by atoms with Crippen molar-refractivity contribution in [3.05, 3.63) is 12.3 Å². The number of hydrogen-bond donors (Lipinski definition) is 6. The molecule has 11 nitrogen and oxygen atoms in total. The van der Waals surface area contributed by atoms with E-state index in [0.717, 1.165) is 0 Å². The lowest BCUT2D eigenvalue weighted by Gasteiger charge is -2.25. The molecule has 0 spiro atoms. The van der Waals surface area contributed by atoms with Crippen LogP contribution in [-0.2, 0) is 24.0 Å². The van der Waals surface area contributed by atoms with E-state index in [2.05, 4.69) is 22.5 Å². The monoisotopic (exact) mass is 429 g/mol. The van der Waals surface area contributed by atoms with E-state index in [9.17, 15) is 29.1 Å². The van der Waals surface area contributed by atoms with Gasteiger partial charge in [-0.05, 0) is 0 Å². The first-order chi connectivity index (χ1) is 13.7. The van der Waals surface area contributed by atoms with E-state index in [0.29, 0.717) is 0 Å². The quantitative estimate of drug-likeness (QED) is 0.206. The van der Waals surface area contributed by atoms with Gasteiger partial charge >= 0.3 is 11.9 Å². The SMILES string of the molecule is C=C(O)CC(NC(=O)C(CC(=O)O)NC(=O)C(CC(=O)O)NC(C)C)C(=O)C(C)C. The van der Waals surface area contributed by atoms with Gasteiger partial charge in [0.2, 0.25) is 11.8 Å². The summed E-state index contributed by atoms with van der Waals surface area (Å²) in [5.74, 6) is -5.72. The molecule has 0 aliphatic rings. The Hall–Kier alpha value is -2.95. The van der Waals surface area contributed by atoms with Gasteiger partial charge in [0.05, 0.1) is 30.7 Å². The summed E-state index contributed by atoms with van der Waals surface area (Å²) >= 11 is 0. The van der Waals surface area contributed by atoms with Gasteiger partial charge in [0.25, 0.3) is 0 Å². The highest BCUT2D eigenvalue weighted by Crippen LogP contribution is 2.09. The topological polar surface area (TPSA) is 182 Å². The van der Waals surface area contributed by atoms with Gasteiger partial charge < -0.3 is 31.3 Å². The normalized spacial score (nSPS) is 13.9. The smallest absolute Gasteiger partial charge is 0.305 e. The van der Waals surface area contributed by atoms with Crippen molar-refractivity contribution < 1.29 is 39.3 Å². The molecule has 2 amide bonds. The molecule has 0 aromatic heterocycles. The van der Waals surface area contributed by atoms with Gasteiger partial charge in [0.15, 0.2) is 5.78 Å². The lowest BCUT2D eigenvalue weighted by Crippen LogP contribution is -2.57. The first-order valence-corrected chi connectivity index (χ1v) is 9.45. The zero-order valence-electron chi connectivity index (χ0n) is 17.6. The molecule has 0 aromatic rings. The number of hydrogen-bond acceptors (Lipinski definition) is 7. The first-order valence-electron chi connectivity index (χ1n) is 9.45. The van der Waals surface area contributed by atoms with Crippen LogP contribution in [0.5, 0.6) is 0 Å². The Morgan fingerprint density at radius 2 is 1.17 bits per heavy atom. The number of aliphatic carboxylic acids is 2. The van der Waals surface area contributed by atoms with E-state index in [4.69, 9.17) is 10.2 Å². The maximum absolute atomic E-state index is 12.6. The van der Waals surface area contributed by atoms with Crippen LogP contribution in [0.25, 0.3) is 0 Å². The predicted octanol–water partition coefficient (Wildman–Crippen LogP) is -0.0411. The molecule has 0 saturated carbocycles. The molecule has 6 N–H and O–H groups in total. The Kier molecular flexibility index (Phi) is 11.3. The van der Waals surface area contributed by atoms with E-state index in [1.165, 1.54) is 0 Å². The maximum Gasteiger partial charge on any atom is 0.305 e. The van der Waals surface area contributed by atoms with Crippen molar-refractivity contribution in [3.8, 4) is 0 Å². The zero-order valence-corrected chi connectivity index (χ0v) is 17.6. The molecule has 11 heteroatoms. The number of nitrogens with one attached hydrogen (secondary N) is 3. The minimum atomic E-state index is -1.56. The average molecular weight is 429 g/mol. The van der Waals surface area contributed by atoms with Gasteiger partial charge in [-0.3, -0.25) is 24.0 Å². The van der Waals surface area contributed by atoms with Crippen molar-refractivity contribution in [1.82, 2.24) is 16.0 Å². The number of carbonyl (C=O) groups is 5. The highest BCUT2D eigenvalue weighted by atomic mass is 16.4. The Morgan fingerprint density at radius 1 is 0.733 bits per heavy atom. The summed E-state index contributed by atoms with van der Waals surface area (Å²) in [6, 6.07) is -4.17. The van der Waals surface area contributed by atoms with Gasteiger partial charge in [-0.25, -0.2) is 0 Å². The third-order valence-corrected chi connectivity index (χ3v) is 3.91. The molecule has 3 atom stereocenters. The molecular formula is C19H31N3O8. The van der Waals surface area contributed by atoms with Crippen LogP contribution in [0.3, 0.4) is 0 Å². The van der Waals surface area contributed by atoms with E-state index in [-0.39, 0.29) is 18.2 Å². The van der Waals surface area contributed by atoms with E-state index in [1.54, 1.807) is 27.7 Å². The zero-order chi connectivity index (χ0) is 23.6. The number of rotatable bonds is 14. The third-order valence-electron chi connectivity index (χ3n) is 3.91. The van der Waals surface area contributed by atoms with Crippen molar-refractivity contribution in [3.63, 3.8) is 0 Å². The minimum absolute atomic E-state index is 0.254. The second-order valence-corrected chi connectivity index (χ2v) is 7.52. The molecule has 3 unspecified atom stereocenters. The average Bonchev–Trinajstić information content (AvgIpc) is 2.57. The molecule has 0 fully saturated rings. The summed E-state index contributed by atoms with van der Waals surface area (Å²) < 4.78 is 0. The van der Waals surface area contributed by atoms with Crippen molar-refractivity contribution in [2.45, 2.75) is 71.1 Å². The van der Waals surface area contributed by atoms with Crippen LogP contribution >= 0.6 is 0 Å². The number of amides is 2. The van der Waals surface area contributed by atoms with Crippen molar-refractivity contribution in [2.24, 2.45) is 5.92 Å². The molecular weight excluding hydrogens is 398 g/mol. The van der Waals surface area contributed by atoms with Gasteiger partial charge in [0.1, 0.15) is 6.04 Å². The standard InChI is InChI=1S/C19H31N3O8/c1-9(2)17(28)12(6-11(5)23)21-19(30)14(8-16(26)27)22-18(29)13(7-15(24)25)20-10(3)4/h9-10,12-14,20,23H,5-8H2,1-4H3,(H,21,30)(H,22,29)(H,24,25)(H,26,27). The van der Waals surface area contributed by atoms with Crippen LogP contribution < -0.4 is 16.0 Å². The van der Waals surface area contributed by atoms with Crippen LogP contribution in [0.15, 0.2) is 12.3 Å². The van der Waals surface area contributed by atoms with E-state index < -0.39 is 66.4 Å². The summed E-state index contributed by atoms with van der Waals surface area (Å²) in [5, 5.41) is 34.8. The third kappa shape index (κ3) is 10.6. The molecule has 0 aliphatic heterocycles. The van der Waals surface area contributed by atoms with Crippen molar-refractivity contribution in [1.29, 1.82) is 0 Å². The molecule has 0 rings (SSSR count). The number of aliphatic hydroxyl groups is 1. The maximum atomic E-state index is 12.6.